The van der Waals surface area contributed by atoms with Gasteiger partial charge in [0, 0.05) is 20.1 Å². The Morgan fingerprint density at radius 3 is 0.774 bits per heavy atom. The molecule has 0 saturated heterocycles. The third-order valence-corrected chi connectivity index (χ3v) is 15.9. The van der Waals surface area contributed by atoms with Crippen molar-refractivity contribution >= 4 is 52.1 Å². The van der Waals surface area contributed by atoms with E-state index in [1.165, 1.54) is 192 Å². The lowest BCUT2D eigenvalue weighted by Crippen LogP contribution is -2.12. The molecule has 358 valence electrons. The summed E-state index contributed by atoms with van der Waals surface area (Å²) in [4.78, 5) is -0.145. The van der Waals surface area contributed by atoms with Crippen LogP contribution in [0.1, 0.15) is 245 Å². The zero-order valence-corrected chi connectivity index (χ0v) is 44.2. The largest absolute Gasteiger partial charge is 0.297 e. The molecule has 0 aliphatic heterocycles. The van der Waals surface area contributed by atoms with Crippen molar-refractivity contribution < 1.29 is 25.2 Å². The molecule has 0 bridgehead atoms. The van der Waals surface area contributed by atoms with E-state index in [-0.39, 0.29) is 34.1 Å². The van der Waals surface area contributed by atoms with Crippen molar-refractivity contribution in [3.63, 3.8) is 0 Å². The van der Waals surface area contributed by atoms with E-state index in [1.807, 2.05) is 0 Å². The second kappa shape index (κ2) is 37.3. The number of rotatable bonds is 43. The van der Waals surface area contributed by atoms with Crippen LogP contribution in [-0.4, -0.2) is 30.0 Å². The van der Waals surface area contributed by atoms with Gasteiger partial charge in [-0.1, -0.05) is 276 Å². The first-order chi connectivity index (χ1) is 30.1. The maximum atomic E-state index is 13.6. The van der Waals surface area contributed by atoms with Crippen LogP contribution in [0, 0.1) is 0 Å². The van der Waals surface area contributed by atoms with Crippen LogP contribution < -0.4 is 0 Å². The lowest BCUT2D eigenvalue weighted by atomic mass is 10.0. The first-order valence-corrected chi connectivity index (χ1v) is 29.9. The molecule has 2 aromatic rings. The van der Waals surface area contributed by atoms with Crippen molar-refractivity contribution in [1.82, 2.24) is 0 Å². The van der Waals surface area contributed by atoms with Crippen molar-refractivity contribution in [2.24, 2.45) is 0 Å². The van der Waals surface area contributed by atoms with E-state index in [4.69, 9.17) is 8.37 Å². The fourth-order valence-corrected chi connectivity index (χ4v) is 11.7. The first kappa shape index (κ1) is 57.3. The summed E-state index contributed by atoms with van der Waals surface area (Å²) in [7, 11) is -8.36. The highest BCUT2D eigenvalue weighted by Crippen LogP contribution is 2.37. The van der Waals surface area contributed by atoms with E-state index in [0.29, 0.717) is 21.8 Å². The third kappa shape index (κ3) is 27.6. The SMILES string of the molecule is CCCCCCCCCCCCCCCCCCCCOS(=O)(=O)c1cc(Br)ccc1-c1ccc(Br)cc1S(=O)(=O)OCCCCCCCCCCCCCCCCCCCC. The van der Waals surface area contributed by atoms with Crippen LogP contribution in [-0.2, 0) is 28.6 Å². The van der Waals surface area contributed by atoms with Gasteiger partial charge in [-0.2, -0.15) is 16.8 Å². The molecule has 0 aliphatic rings. The minimum absolute atomic E-state index is 0.0726. The maximum absolute atomic E-state index is 13.6. The Bertz CT molecular complexity index is 1500. The van der Waals surface area contributed by atoms with E-state index in [1.54, 1.807) is 24.3 Å². The van der Waals surface area contributed by atoms with Crippen molar-refractivity contribution in [2.75, 3.05) is 13.2 Å². The predicted molar refractivity (Wildman–Crippen MR) is 271 cm³/mol. The quantitative estimate of drug-likeness (QED) is 0.0486. The summed E-state index contributed by atoms with van der Waals surface area (Å²) < 4.78 is 66.7. The van der Waals surface area contributed by atoms with E-state index in [9.17, 15) is 16.8 Å². The average molecular weight is 1030 g/mol. The third-order valence-electron chi connectivity index (χ3n) is 12.2. The van der Waals surface area contributed by atoms with Gasteiger partial charge < -0.3 is 0 Å². The molecule has 0 fully saturated rings. The normalized spacial score (nSPS) is 12.1. The van der Waals surface area contributed by atoms with Gasteiger partial charge in [-0.25, -0.2) is 0 Å². The zero-order chi connectivity index (χ0) is 45.0. The summed E-state index contributed by atoms with van der Waals surface area (Å²) in [5.41, 5.74) is 0.516. The number of benzene rings is 2. The van der Waals surface area contributed by atoms with Crippen molar-refractivity contribution in [3.05, 3.63) is 45.3 Å². The van der Waals surface area contributed by atoms with Gasteiger partial charge in [-0.15, -0.1) is 0 Å². The number of hydrogen-bond acceptors (Lipinski definition) is 6. The fraction of sp³-hybridized carbons (Fsp3) is 0.769. The van der Waals surface area contributed by atoms with Gasteiger partial charge in [-0.05, 0) is 37.1 Å². The monoisotopic (exact) mass is 1030 g/mol. The van der Waals surface area contributed by atoms with E-state index in [0.717, 1.165) is 38.5 Å². The lowest BCUT2D eigenvalue weighted by molar-refractivity contribution is 0.305. The van der Waals surface area contributed by atoms with Crippen LogP contribution in [0.4, 0.5) is 0 Å². The molecule has 0 radical (unpaired) electrons. The molecule has 0 N–H and O–H groups in total. The van der Waals surface area contributed by atoms with Gasteiger partial charge in [-0.3, -0.25) is 8.37 Å². The molecule has 0 unspecified atom stereocenters. The predicted octanol–water partition coefficient (Wildman–Crippen LogP) is 18.4. The molecule has 0 atom stereocenters. The summed E-state index contributed by atoms with van der Waals surface area (Å²) in [5.74, 6) is 0. The highest BCUT2D eigenvalue weighted by Gasteiger charge is 2.27. The second-order valence-corrected chi connectivity index (χ2v) is 22.9. The second-order valence-electron chi connectivity index (χ2n) is 17.9. The van der Waals surface area contributed by atoms with E-state index in [2.05, 4.69) is 45.7 Å². The van der Waals surface area contributed by atoms with Crippen LogP contribution in [0.5, 0.6) is 0 Å². The molecule has 2 aromatic carbocycles. The molecule has 2 rings (SSSR count). The molecule has 0 heterocycles. The van der Waals surface area contributed by atoms with Gasteiger partial charge in [0.2, 0.25) is 0 Å². The van der Waals surface area contributed by atoms with E-state index < -0.39 is 20.2 Å². The van der Waals surface area contributed by atoms with Crippen LogP contribution in [0.15, 0.2) is 55.1 Å². The average Bonchev–Trinajstić information content (AvgIpc) is 3.25. The standard InChI is InChI=1S/C52H88Br2O6S2/c1-3-5-7-9-11-13-15-17-19-21-23-25-27-29-31-33-35-37-43-59-61(55,56)51-45-47(53)39-41-49(51)50-42-40-48(54)46-52(50)62(57,58)60-44-38-36-34-32-30-28-26-24-22-20-18-16-14-12-10-8-6-4-2/h39-42,45-46H,3-38,43-44H2,1-2H3. The minimum atomic E-state index is -4.18. The van der Waals surface area contributed by atoms with Crippen LogP contribution in [0.25, 0.3) is 11.1 Å². The summed E-state index contributed by atoms with van der Waals surface area (Å²) >= 11 is 6.83. The van der Waals surface area contributed by atoms with Crippen LogP contribution in [0.3, 0.4) is 0 Å². The molecule has 0 aromatic heterocycles. The molecular weight excluding hydrogens is 945 g/mol. The lowest BCUT2D eigenvalue weighted by Gasteiger charge is -2.16. The van der Waals surface area contributed by atoms with Crippen LogP contribution in [0.2, 0.25) is 0 Å². The first-order valence-electron chi connectivity index (χ1n) is 25.5. The molecule has 10 heteroatoms. The van der Waals surface area contributed by atoms with Gasteiger partial charge in [0.05, 0.1) is 13.2 Å². The Morgan fingerprint density at radius 1 is 0.339 bits per heavy atom. The van der Waals surface area contributed by atoms with E-state index >= 15 is 0 Å². The van der Waals surface area contributed by atoms with Crippen molar-refractivity contribution in [3.8, 4) is 11.1 Å². The Kier molecular flexibility index (Phi) is 34.5. The smallest absolute Gasteiger partial charge is 0.266 e. The Morgan fingerprint density at radius 2 is 0.548 bits per heavy atom. The zero-order valence-electron chi connectivity index (χ0n) is 39.4. The molecular formula is C52H88Br2O6S2. The Balaban J connectivity index is 1.68. The minimum Gasteiger partial charge on any atom is -0.266 e. The maximum Gasteiger partial charge on any atom is 0.297 e. The summed E-state index contributed by atoms with van der Waals surface area (Å²) in [6, 6.07) is 9.63. The number of unbranched alkanes of at least 4 members (excludes halogenated alkanes) is 34. The molecule has 62 heavy (non-hydrogen) atoms. The number of hydrogen-bond donors (Lipinski definition) is 0. The van der Waals surface area contributed by atoms with Crippen molar-refractivity contribution in [1.29, 1.82) is 0 Å². The highest BCUT2D eigenvalue weighted by molar-refractivity contribution is 9.10. The topological polar surface area (TPSA) is 86.7 Å². The fourth-order valence-electron chi connectivity index (χ4n) is 8.32. The van der Waals surface area contributed by atoms with Crippen LogP contribution >= 0.6 is 31.9 Å². The highest BCUT2D eigenvalue weighted by atomic mass is 79.9. The Labute approximate surface area is 399 Å². The summed E-state index contributed by atoms with van der Waals surface area (Å²) in [6.45, 7) is 4.71. The van der Waals surface area contributed by atoms with Gasteiger partial charge in [0.25, 0.3) is 20.2 Å². The Hall–Kier alpha value is -0.780. The molecule has 0 saturated carbocycles. The molecule has 6 nitrogen and oxygen atoms in total. The summed E-state index contributed by atoms with van der Waals surface area (Å²) in [6.07, 6.45) is 45.5. The van der Waals surface area contributed by atoms with Crippen molar-refractivity contribution in [2.45, 2.75) is 255 Å². The van der Waals surface area contributed by atoms with Gasteiger partial charge in [0.1, 0.15) is 9.79 Å². The summed E-state index contributed by atoms with van der Waals surface area (Å²) in [5, 5.41) is 0. The molecule has 0 aliphatic carbocycles. The molecule has 0 spiro atoms. The molecule has 0 amide bonds. The number of halogens is 2. The van der Waals surface area contributed by atoms with Gasteiger partial charge >= 0.3 is 0 Å². The van der Waals surface area contributed by atoms with Gasteiger partial charge in [0.15, 0.2) is 0 Å².